The fourth-order valence-electron chi connectivity index (χ4n) is 3.50. The van der Waals surface area contributed by atoms with Gasteiger partial charge in [0.1, 0.15) is 0 Å². The van der Waals surface area contributed by atoms with Gasteiger partial charge >= 0.3 is 0 Å². The molecule has 2 heterocycles. The maximum Gasteiger partial charge on any atom is 0.243 e. The van der Waals surface area contributed by atoms with Crippen molar-refractivity contribution in [3.63, 3.8) is 0 Å². The number of benzene rings is 2. The summed E-state index contributed by atoms with van der Waals surface area (Å²) in [5, 5.41) is 3.07. The lowest BCUT2D eigenvalue weighted by Gasteiger charge is -2.33. The molecule has 3 aromatic rings. The SMILES string of the molecule is CCc1ccc(Cc2csc(N3CCN(S(=O)(=O)c4ccc(Br)cc4)CC3)n2)cc1. The molecule has 1 saturated heterocycles. The lowest BCUT2D eigenvalue weighted by atomic mass is 10.1. The summed E-state index contributed by atoms with van der Waals surface area (Å²) in [6.07, 6.45) is 1.86. The quantitative estimate of drug-likeness (QED) is 0.492. The third-order valence-corrected chi connectivity index (χ3v) is 8.71. The maximum atomic E-state index is 12.9. The summed E-state index contributed by atoms with van der Waals surface area (Å²) in [5.41, 5.74) is 3.66. The molecule has 0 atom stereocenters. The Hall–Kier alpha value is -1.74. The van der Waals surface area contributed by atoms with E-state index >= 15 is 0 Å². The summed E-state index contributed by atoms with van der Waals surface area (Å²) < 4.78 is 28.2. The molecule has 158 valence electrons. The van der Waals surface area contributed by atoms with Gasteiger partial charge in [-0.25, -0.2) is 13.4 Å². The zero-order chi connectivity index (χ0) is 21.1. The predicted octanol–water partition coefficient (Wildman–Crippen LogP) is 4.57. The number of piperazine rings is 1. The van der Waals surface area contributed by atoms with Crippen LogP contribution in [0, 0.1) is 0 Å². The molecule has 0 radical (unpaired) electrons. The second-order valence-electron chi connectivity index (χ2n) is 7.31. The molecule has 1 aromatic heterocycles. The summed E-state index contributed by atoms with van der Waals surface area (Å²) in [4.78, 5) is 7.32. The molecule has 0 saturated carbocycles. The van der Waals surface area contributed by atoms with Gasteiger partial charge < -0.3 is 4.90 Å². The van der Waals surface area contributed by atoms with Crippen molar-refractivity contribution in [2.75, 3.05) is 31.1 Å². The van der Waals surface area contributed by atoms with E-state index in [1.165, 1.54) is 11.1 Å². The van der Waals surface area contributed by atoms with E-state index in [2.05, 4.69) is 57.4 Å². The first-order valence-corrected chi connectivity index (χ1v) is 13.1. The van der Waals surface area contributed by atoms with Gasteiger partial charge in [0, 0.05) is 42.5 Å². The minimum absolute atomic E-state index is 0.338. The van der Waals surface area contributed by atoms with Crippen molar-refractivity contribution in [3.05, 3.63) is 75.2 Å². The number of halogens is 1. The van der Waals surface area contributed by atoms with E-state index in [1.807, 2.05) is 0 Å². The summed E-state index contributed by atoms with van der Waals surface area (Å²) in [5.74, 6) is 0. The first kappa shape index (κ1) is 21.5. The van der Waals surface area contributed by atoms with Crippen LogP contribution in [0.4, 0.5) is 5.13 Å². The Kier molecular flexibility index (Phi) is 6.57. The third-order valence-electron chi connectivity index (χ3n) is 5.32. The first-order chi connectivity index (χ1) is 14.5. The number of aryl methyl sites for hydroxylation is 1. The molecule has 4 rings (SSSR count). The molecule has 0 amide bonds. The second kappa shape index (κ2) is 9.18. The van der Waals surface area contributed by atoms with Crippen molar-refractivity contribution >= 4 is 42.4 Å². The van der Waals surface area contributed by atoms with Gasteiger partial charge in [0.15, 0.2) is 5.13 Å². The Morgan fingerprint density at radius 1 is 0.967 bits per heavy atom. The molecule has 0 bridgehead atoms. The second-order valence-corrected chi connectivity index (χ2v) is 11.0. The Balaban J connectivity index is 1.38. The molecule has 0 spiro atoms. The monoisotopic (exact) mass is 505 g/mol. The molecule has 30 heavy (non-hydrogen) atoms. The molecule has 1 aliphatic heterocycles. The van der Waals surface area contributed by atoms with Crippen LogP contribution in [0.15, 0.2) is 63.3 Å². The minimum atomic E-state index is -3.46. The minimum Gasteiger partial charge on any atom is -0.345 e. The van der Waals surface area contributed by atoms with E-state index in [-0.39, 0.29) is 0 Å². The van der Waals surface area contributed by atoms with Gasteiger partial charge in [-0.2, -0.15) is 4.31 Å². The van der Waals surface area contributed by atoms with Crippen LogP contribution in [0.25, 0.3) is 0 Å². The van der Waals surface area contributed by atoms with E-state index in [1.54, 1.807) is 39.9 Å². The van der Waals surface area contributed by atoms with Gasteiger partial charge in [0.2, 0.25) is 10.0 Å². The standard InChI is InChI=1S/C22H24BrN3O2S2/c1-2-17-3-5-18(6-4-17)15-20-16-29-22(24-20)25-11-13-26(14-12-25)30(27,28)21-9-7-19(23)8-10-21/h3-10,16H,2,11-15H2,1H3. The van der Waals surface area contributed by atoms with E-state index < -0.39 is 10.0 Å². The van der Waals surface area contributed by atoms with E-state index in [9.17, 15) is 8.42 Å². The molecular formula is C22H24BrN3O2S2. The van der Waals surface area contributed by atoms with Crippen LogP contribution in [0.5, 0.6) is 0 Å². The summed E-state index contributed by atoms with van der Waals surface area (Å²) in [6, 6.07) is 15.5. The van der Waals surface area contributed by atoms with Crippen LogP contribution in [0.2, 0.25) is 0 Å². The maximum absolute atomic E-state index is 12.9. The number of nitrogens with zero attached hydrogens (tertiary/aromatic N) is 3. The first-order valence-electron chi connectivity index (χ1n) is 9.98. The number of hydrogen-bond donors (Lipinski definition) is 0. The average molecular weight is 506 g/mol. The number of anilines is 1. The molecule has 1 aliphatic rings. The third kappa shape index (κ3) is 4.77. The highest BCUT2D eigenvalue weighted by atomic mass is 79.9. The van der Waals surface area contributed by atoms with Crippen LogP contribution in [0.1, 0.15) is 23.7 Å². The average Bonchev–Trinajstić information content (AvgIpc) is 3.23. The molecule has 8 heteroatoms. The van der Waals surface area contributed by atoms with E-state index in [4.69, 9.17) is 4.98 Å². The Bertz CT molecular complexity index is 1090. The Morgan fingerprint density at radius 3 is 2.23 bits per heavy atom. The van der Waals surface area contributed by atoms with Gasteiger partial charge in [-0.3, -0.25) is 0 Å². The van der Waals surface area contributed by atoms with Crippen molar-refractivity contribution in [1.29, 1.82) is 0 Å². The molecule has 0 unspecified atom stereocenters. The van der Waals surface area contributed by atoms with Crippen LogP contribution in [0.3, 0.4) is 0 Å². The molecule has 0 aliphatic carbocycles. The zero-order valence-electron chi connectivity index (χ0n) is 16.8. The fourth-order valence-corrected chi connectivity index (χ4v) is 6.07. The van der Waals surface area contributed by atoms with Crippen molar-refractivity contribution in [2.24, 2.45) is 0 Å². The van der Waals surface area contributed by atoms with Crippen LogP contribution >= 0.6 is 27.3 Å². The van der Waals surface area contributed by atoms with E-state index in [0.717, 1.165) is 28.1 Å². The van der Waals surface area contributed by atoms with E-state index in [0.29, 0.717) is 31.1 Å². The fraction of sp³-hybridized carbons (Fsp3) is 0.318. The van der Waals surface area contributed by atoms with Crippen molar-refractivity contribution in [1.82, 2.24) is 9.29 Å². The molecule has 0 N–H and O–H groups in total. The Labute approximate surface area is 190 Å². The highest BCUT2D eigenvalue weighted by Crippen LogP contribution is 2.26. The van der Waals surface area contributed by atoms with Crippen LogP contribution in [-0.4, -0.2) is 43.9 Å². The highest BCUT2D eigenvalue weighted by molar-refractivity contribution is 9.10. The summed E-state index contributed by atoms with van der Waals surface area (Å²) in [6.45, 7) is 4.38. The predicted molar refractivity (Wildman–Crippen MR) is 126 cm³/mol. The highest BCUT2D eigenvalue weighted by Gasteiger charge is 2.29. The van der Waals surface area contributed by atoms with Crippen molar-refractivity contribution in [2.45, 2.75) is 24.7 Å². The van der Waals surface area contributed by atoms with Crippen LogP contribution in [-0.2, 0) is 22.9 Å². The smallest absolute Gasteiger partial charge is 0.243 e. The number of hydrogen-bond acceptors (Lipinski definition) is 5. The largest absolute Gasteiger partial charge is 0.345 e. The van der Waals surface area contributed by atoms with Gasteiger partial charge in [0.25, 0.3) is 0 Å². The summed E-state index contributed by atoms with van der Waals surface area (Å²) in [7, 11) is -3.46. The lowest BCUT2D eigenvalue weighted by molar-refractivity contribution is 0.384. The molecule has 1 fully saturated rings. The van der Waals surface area contributed by atoms with Gasteiger partial charge in [-0.15, -0.1) is 11.3 Å². The normalized spacial score (nSPS) is 15.5. The van der Waals surface area contributed by atoms with Gasteiger partial charge in [0.05, 0.1) is 10.6 Å². The number of aromatic nitrogens is 1. The number of sulfonamides is 1. The van der Waals surface area contributed by atoms with Crippen LogP contribution < -0.4 is 4.90 Å². The lowest BCUT2D eigenvalue weighted by Crippen LogP contribution is -2.48. The Morgan fingerprint density at radius 2 is 1.60 bits per heavy atom. The molecule has 5 nitrogen and oxygen atoms in total. The zero-order valence-corrected chi connectivity index (χ0v) is 20.0. The summed E-state index contributed by atoms with van der Waals surface area (Å²) >= 11 is 4.98. The number of rotatable bonds is 6. The number of thiazole rings is 1. The van der Waals surface area contributed by atoms with Gasteiger partial charge in [-0.1, -0.05) is 47.1 Å². The topological polar surface area (TPSA) is 53.5 Å². The van der Waals surface area contributed by atoms with Gasteiger partial charge in [-0.05, 0) is 41.8 Å². The van der Waals surface area contributed by atoms with Crippen molar-refractivity contribution < 1.29 is 8.42 Å². The van der Waals surface area contributed by atoms with Crippen molar-refractivity contribution in [3.8, 4) is 0 Å². The molecular weight excluding hydrogens is 482 g/mol. The molecule has 2 aromatic carbocycles.